The Morgan fingerprint density at radius 2 is 2.13 bits per heavy atom. The van der Waals surface area contributed by atoms with Gasteiger partial charge in [0.15, 0.2) is 0 Å². The van der Waals surface area contributed by atoms with Crippen LogP contribution in [0.15, 0.2) is 18.3 Å². The summed E-state index contributed by atoms with van der Waals surface area (Å²) in [5.74, 6) is 0. The summed E-state index contributed by atoms with van der Waals surface area (Å²) in [6.07, 6.45) is 7.08. The van der Waals surface area contributed by atoms with Gasteiger partial charge in [0.2, 0.25) is 0 Å². The molecule has 1 atom stereocenters. The first-order chi connectivity index (χ1) is 7.27. The molecule has 1 unspecified atom stereocenters. The van der Waals surface area contributed by atoms with Gasteiger partial charge in [-0.25, -0.2) is 0 Å². The van der Waals surface area contributed by atoms with E-state index < -0.39 is 0 Å². The molecule has 1 rings (SSSR count). The van der Waals surface area contributed by atoms with E-state index in [1.807, 2.05) is 20.2 Å². The molecule has 2 heteroatoms. The molecule has 15 heavy (non-hydrogen) atoms. The Morgan fingerprint density at radius 1 is 1.33 bits per heavy atom. The summed E-state index contributed by atoms with van der Waals surface area (Å²) in [7, 11) is 2.02. The molecule has 84 valence electrons. The van der Waals surface area contributed by atoms with Gasteiger partial charge in [0.25, 0.3) is 0 Å². The number of hydrogen-bond donors (Lipinski definition) is 1. The molecule has 0 aliphatic carbocycles. The van der Waals surface area contributed by atoms with Crippen LogP contribution >= 0.6 is 0 Å². The van der Waals surface area contributed by atoms with Crippen LogP contribution in [0, 0.1) is 6.92 Å². The maximum absolute atomic E-state index is 4.34. The van der Waals surface area contributed by atoms with Crippen molar-refractivity contribution < 1.29 is 0 Å². The summed E-state index contributed by atoms with van der Waals surface area (Å²) in [6, 6.07) is 4.72. The van der Waals surface area contributed by atoms with Crippen molar-refractivity contribution >= 4 is 0 Å². The highest BCUT2D eigenvalue weighted by Gasteiger charge is 2.08. The van der Waals surface area contributed by atoms with Crippen molar-refractivity contribution in [1.82, 2.24) is 10.3 Å². The molecular formula is C13H22N2. The Balaban J connectivity index is 2.53. The van der Waals surface area contributed by atoms with Crippen LogP contribution in [0.5, 0.6) is 0 Å². The lowest BCUT2D eigenvalue weighted by Crippen LogP contribution is -2.16. The second-order valence-corrected chi connectivity index (χ2v) is 4.07. The molecule has 1 N–H and O–H groups in total. The molecule has 0 amide bonds. The smallest absolute Gasteiger partial charge is 0.0372 e. The summed E-state index contributed by atoms with van der Waals surface area (Å²) >= 11 is 0. The van der Waals surface area contributed by atoms with Crippen LogP contribution in [0.4, 0.5) is 0 Å². The minimum Gasteiger partial charge on any atom is -0.313 e. The highest BCUT2D eigenvalue weighted by atomic mass is 14.9. The maximum atomic E-state index is 4.34. The first-order valence-corrected chi connectivity index (χ1v) is 5.87. The van der Waals surface area contributed by atoms with Crippen LogP contribution in [-0.4, -0.2) is 12.0 Å². The van der Waals surface area contributed by atoms with Gasteiger partial charge >= 0.3 is 0 Å². The van der Waals surface area contributed by atoms with Gasteiger partial charge < -0.3 is 5.32 Å². The summed E-state index contributed by atoms with van der Waals surface area (Å²) in [5, 5.41) is 3.36. The van der Waals surface area contributed by atoms with Gasteiger partial charge in [-0.2, -0.15) is 0 Å². The van der Waals surface area contributed by atoms with Gasteiger partial charge in [-0.05, 0) is 32.0 Å². The van der Waals surface area contributed by atoms with Gasteiger partial charge in [0.1, 0.15) is 0 Å². The minimum absolute atomic E-state index is 0.463. The third kappa shape index (κ3) is 4.00. The molecule has 0 radical (unpaired) electrons. The predicted molar refractivity (Wildman–Crippen MR) is 64.9 cm³/mol. The summed E-state index contributed by atoms with van der Waals surface area (Å²) < 4.78 is 0. The largest absolute Gasteiger partial charge is 0.313 e. The van der Waals surface area contributed by atoms with Crippen molar-refractivity contribution in [2.24, 2.45) is 0 Å². The zero-order chi connectivity index (χ0) is 11.1. The molecule has 1 aromatic rings. The molecule has 0 saturated carbocycles. The lowest BCUT2D eigenvalue weighted by Gasteiger charge is -2.16. The number of aryl methyl sites for hydroxylation is 1. The average Bonchev–Trinajstić information content (AvgIpc) is 2.26. The second-order valence-electron chi connectivity index (χ2n) is 4.07. The number of hydrogen-bond acceptors (Lipinski definition) is 2. The fraction of sp³-hybridized carbons (Fsp3) is 0.615. The standard InChI is InChI=1S/C13H22N2/c1-4-5-6-7-13(14-3)12-9-8-11(2)15-10-12/h8-10,13-14H,4-7H2,1-3H3. The Hall–Kier alpha value is -0.890. The van der Waals surface area contributed by atoms with E-state index >= 15 is 0 Å². The molecule has 0 fully saturated rings. The molecule has 0 bridgehead atoms. The third-order valence-electron chi connectivity index (χ3n) is 2.78. The van der Waals surface area contributed by atoms with Crippen LogP contribution < -0.4 is 5.32 Å². The summed E-state index contributed by atoms with van der Waals surface area (Å²) in [4.78, 5) is 4.34. The van der Waals surface area contributed by atoms with Gasteiger partial charge in [-0.3, -0.25) is 4.98 Å². The first kappa shape index (κ1) is 12.2. The topological polar surface area (TPSA) is 24.9 Å². The fourth-order valence-corrected chi connectivity index (χ4v) is 1.76. The van der Waals surface area contributed by atoms with E-state index in [4.69, 9.17) is 0 Å². The molecule has 0 spiro atoms. The van der Waals surface area contributed by atoms with E-state index in [-0.39, 0.29) is 0 Å². The third-order valence-corrected chi connectivity index (χ3v) is 2.78. The highest BCUT2D eigenvalue weighted by molar-refractivity contribution is 5.16. The Bertz CT molecular complexity index is 266. The summed E-state index contributed by atoms with van der Waals surface area (Å²) in [6.45, 7) is 4.26. The van der Waals surface area contributed by atoms with Gasteiger partial charge in [0.05, 0.1) is 0 Å². The zero-order valence-corrected chi connectivity index (χ0v) is 10.1. The van der Waals surface area contributed by atoms with Crippen molar-refractivity contribution in [3.05, 3.63) is 29.6 Å². The molecule has 2 nitrogen and oxygen atoms in total. The van der Waals surface area contributed by atoms with Gasteiger partial charge in [-0.15, -0.1) is 0 Å². The van der Waals surface area contributed by atoms with E-state index in [0.717, 1.165) is 5.69 Å². The SMILES string of the molecule is CCCCCC(NC)c1ccc(C)nc1. The van der Waals surface area contributed by atoms with E-state index in [1.165, 1.54) is 31.2 Å². The molecule has 0 aliphatic heterocycles. The van der Waals surface area contributed by atoms with E-state index in [1.54, 1.807) is 0 Å². The van der Waals surface area contributed by atoms with E-state index in [0.29, 0.717) is 6.04 Å². The van der Waals surface area contributed by atoms with Crippen LogP contribution in [0.2, 0.25) is 0 Å². The van der Waals surface area contributed by atoms with Crippen LogP contribution in [0.3, 0.4) is 0 Å². The van der Waals surface area contributed by atoms with Crippen molar-refractivity contribution in [3.8, 4) is 0 Å². The average molecular weight is 206 g/mol. The summed E-state index contributed by atoms with van der Waals surface area (Å²) in [5.41, 5.74) is 2.39. The molecule has 1 aromatic heterocycles. The number of nitrogens with one attached hydrogen (secondary N) is 1. The Kier molecular flexibility index (Phi) is 5.33. The van der Waals surface area contributed by atoms with Crippen molar-refractivity contribution in [3.63, 3.8) is 0 Å². The zero-order valence-electron chi connectivity index (χ0n) is 10.1. The van der Waals surface area contributed by atoms with Crippen LogP contribution in [0.25, 0.3) is 0 Å². The van der Waals surface area contributed by atoms with E-state index in [9.17, 15) is 0 Å². The number of rotatable bonds is 6. The Morgan fingerprint density at radius 3 is 2.67 bits per heavy atom. The monoisotopic (exact) mass is 206 g/mol. The van der Waals surface area contributed by atoms with Crippen molar-refractivity contribution in [2.75, 3.05) is 7.05 Å². The van der Waals surface area contributed by atoms with Crippen LogP contribution in [-0.2, 0) is 0 Å². The van der Waals surface area contributed by atoms with Crippen molar-refractivity contribution in [1.29, 1.82) is 0 Å². The number of aromatic nitrogens is 1. The van der Waals surface area contributed by atoms with E-state index in [2.05, 4.69) is 29.4 Å². The highest BCUT2D eigenvalue weighted by Crippen LogP contribution is 2.18. The number of pyridine rings is 1. The number of nitrogens with zero attached hydrogens (tertiary/aromatic N) is 1. The molecule has 0 aliphatic rings. The van der Waals surface area contributed by atoms with Crippen molar-refractivity contribution in [2.45, 2.75) is 45.6 Å². The quantitative estimate of drug-likeness (QED) is 0.723. The van der Waals surface area contributed by atoms with Gasteiger partial charge in [-0.1, -0.05) is 32.3 Å². The lowest BCUT2D eigenvalue weighted by atomic mass is 10.0. The first-order valence-electron chi connectivity index (χ1n) is 5.87. The second kappa shape index (κ2) is 6.57. The maximum Gasteiger partial charge on any atom is 0.0372 e. The normalized spacial score (nSPS) is 12.7. The lowest BCUT2D eigenvalue weighted by molar-refractivity contribution is 0.510. The fourth-order valence-electron chi connectivity index (χ4n) is 1.76. The Labute approximate surface area is 93.1 Å². The molecule has 0 aromatic carbocycles. The van der Waals surface area contributed by atoms with Crippen LogP contribution in [0.1, 0.15) is 49.9 Å². The molecule has 1 heterocycles. The predicted octanol–water partition coefficient (Wildman–Crippen LogP) is 3.23. The minimum atomic E-state index is 0.463. The number of unbranched alkanes of at least 4 members (excludes halogenated alkanes) is 2. The van der Waals surface area contributed by atoms with Gasteiger partial charge in [0, 0.05) is 17.9 Å². The molecular weight excluding hydrogens is 184 g/mol. The molecule has 0 saturated heterocycles.